The number of carbonyl (C=O) groups excluding carboxylic acids is 1. The van der Waals surface area contributed by atoms with Crippen LogP contribution in [-0.4, -0.2) is 33.5 Å². The Balaban J connectivity index is 2.39. The van der Waals surface area contributed by atoms with Gasteiger partial charge in [-0.05, 0) is 37.8 Å². The van der Waals surface area contributed by atoms with E-state index in [0.29, 0.717) is 18.4 Å². The van der Waals surface area contributed by atoms with Gasteiger partial charge < -0.3 is 20.1 Å². The van der Waals surface area contributed by atoms with Crippen molar-refractivity contribution in [2.45, 2.75) is 44.8 Å². The van der Waals surface area contributed by atoms with Crippen molar-refractivity contribution >= 4 is 5.97 Å². The van der Waals surface area contributed by atoms with Crippen LogP contribution in [-0.2, 0) is 11.2 Å². The molecule has 19 heavy (non-hydrogen) atoms. The lowest BCUT2D eigenvalue weighted by Crippen LogP contribution is -2.29. The number of ether oxygens (including phenoxy) is 1. The summed E-state index contributed by atoms with van der Waals surface area (Å²) in [5.41, 5.74) is 0.657. The number of hydrogen-bond donors (Lipinski definition) is 3. The van der Waals surface area contributed by atoms with Gasteiger partial charge in [-0.25, -0.2) is 4.79 Å². The maximum Gasteiger partial charge on any atom is 0.342 e. The minimum Gasteiger partial charge on any atom is -0.508 e. The summed E-state index contributed by atoms with van der Waals surface area (Å²) in [6.45, 7) is 1.63. The number of rotatable bonds is 0. The predicted molar refractivity (Wildman–Crippen MR) is 68.2 cm³/mol. The van der Waals surface area contributed by atoms with Crippen LogP contribution < -0.4 is 0 Å². The summed E-state index contributed by atoms with van der Waals surface area (Å²) in [6, 6.07) is 2.59. The maximum absolute atomic E-state index is 12.0. The van der Waals surface area contributed by atoms with Gasteiger partial charge in [0, 0.05) is 6.07 Å². The van der Waals surface area contributed by atoms with Crippen LogP contribution in [0, 0.1) is 0 Å². The molecular weight excluding hydrogens is 248 g/mol. The highest BCUT2D eigenvalue weighted by Crippen LogP contribution is 2.30. The number of benzene rings is 1. The fourth-order valence-corrected chi connectivity index (χ4v) is 2.31. The number of aliphatic hydroxyl groups excluding tert-OH is 1. The van der Waals surface area contributed by atoms with Crippen LogP contribution in [0.5, 0.6) is 11.5 Å². The van der Waals surface area contributed by atoms with Gasteiger partial charge in [0.15, 0.2) is 0 Å². The number of esters is 1. The van der Waals surface area contributed by atoms with Gasteiger partial charge in [0.1, 0.15) is 23.2 Å². The summed E-state index contributed by atoms with van der Waals surface area (Å²) in [5, 5.41) is 29.1. The lowest BCUT2D eigenvalue weighted by molar-refractivity contribution is -0.0147. The normalized spacial score (nSPS) is 24.4. The number of carbonyl (C=O) groups is 1. The second kappa shape index (κ2) is 5.48. The quantitative estimate of drug-likeness (QED) is 0.622. The maximum atomic E-state index is 12.0. The highest BCUT2D eigenvalue weighted by molar-refractivity contribution is 5.94. The molecule has 3 N–H and O–H groups in total. The van der Waals surface area contributed by atoms with E-state index in [1.165, 1.54) is 6.07 Å². The van der Waals surface area contributed by atoms with E-state index in [9.17, 15) is 20.1 Å². The Hall–Kier alpha value is -1.75. The molecule has 0 unspecified atom stereocenters. The highest BCUT2D eigenvalue weighted by Gasteiger charge is 2.25. The molecule has 0 fully saturated rings. The summed E-state index contributed by atoms with van der Waals surface area (Å²) >= 11 is 0. The van der Waals surface area contributed by atoms with Crippen molar-refractivity contribution in [3.05, 3.63) is 23.3 Å². The molecule has 104 valence electrons. The van der Waals surface area contributed by atoms with Crippen molar-refractivity contribution in [2.24, 2.45) is 0 Å². The van der Waals surface area contributed by atoms with Gasteiger partial charge in [0.2, 0.25) is 0 Å². The molecule has 5 nitrogen and oxygen atoms in total. The van der Waals surface area contributed by atoms with E-state index >= 15 is 0 Å². The lowest BCUT2D eigenvalue weighted by atomic mass is 9.97. The number of phenolic OH excluding ortho intramolecular Hbond substituents is 2. The highest BCUT2D eigenvalue weighted by atomic mass is 16.6. The smallest absolute Gasteiger partial charge is 0.342 e. The van der Waals surface area contributed by atoms with E-state index in [0.717, 1.165) is 18.9 Å². The van der Waals surface area contributed by atoms with Crippen LogP contribution >= 0.6 is 0 Å². The monoisotopic (exact) mass is 266 g/mol. The molecule has 2 atom stereocenters. The molecule has 0 aliphatic carbocycles. The lowest BCUT2D eigenvalue weighted by Gasteiger charge is -2.22. The Morgan fingerprint density at radius 1 is 1.26 bits per heavy atom. The predicted octanol–water partition coefficient (Wildman–Crippen LogP) is 1.73. The van der Waals surface area contributed by atoms with Crippen LogP contribution in [0.3, 0.4) is 0 Å². The van der Waals surface area contributed by atoms with Crippen molar-refractivity contribution in [1.29, 1.82) is 0 Å². The largest absolute Gasteiger partial charge is 0.508 e. The number of hydrogen-bond acceptors (Lipinski definition) is 5. The van der Waals surface area contributed by atoms with Crippen molar-refractivity contribution < 1.29 is 24.9 Å². The van der Waals surface area contributed by atoms with E-state index in [1.807, 2.05) is 0 Å². The van der Waals surface area contributed by atoms with Crippen molar-refractivity contribution in [2.75, 3.05) is 0 Å². The molecule has 2 rings (SSSR count). The van der Waals surface area contributed by atoms with Crippen LogP contribution in [0.4, 0.5) is 0 Å². The third kappa shape index (κ3) is 2.98. The summed E-state index contributed by atoms with van der Waals surface area (Å²) < 4.78 is 5.16. The Morgan fingerprint density at radius 3 is 2.74 bits per heavy atom. The van der Waals surface area contributed by atoms with Crippen molar-refractivity contribution in [1.82, 2.24) is 0 Å². The summed E-state index contributed by atoms with van der Waals surface area (Å²) in [4.78, 5) is 12.0. The van der Waals surface area contributed by atoms with Crippen LogP contribution in [0.15, 0.2) is 12.1 Å². The molecule has 1 heterocycles. The molecule has 0 bridgehead atoms. The number of aromatic hydroxyl groups is 2. The van der Waals surface area contributed by atoms with E-state index in [1.54, 1.807) is 6.92 Å². The van der Waals surface area contributed by atoms with Gasteiger partial charge in [-0.1, -0.05) is 6.42 Å². The molecule has 1 aromatic carbocycles. The minimum absolute atomic E-state index is 0.0748. The molecule has 0 aromatic heterocycles. The topological polar surface area (TPSA) is 87.0 Å². The molecule has 1 aliphatic rings. The molecule has 5 heteroatoms. The minimum atomic E-state index is -0.690. The molecule has 0 radical (unpaired) electrons. The van der Waals surface area contributed by atoms with E-state index in [2.05, 4.69) is 0 Å². The van der Waals surface area contributed by atoms with Crippen molar-refractivity contribution in [3.63, 3.8) is 0 Å². The third-order valence-corrected chi connectivity index (χ3v) is 3.42. The van der Waals surface area contributed by atoms with Gasteiger partial charge in [-0.15, -0.1) is 0 Å². The first-order valence-corrected chi connectivity index (χ1v) is 6.43. The first-order chi connectivity index (χ1) is 8.99. The molecule has 0 saturated carbocycles. The number of fused-ring (bicyclic) bond motifs is 1. The first-order valence-electron chi connectivity index (χ1n) is 6.43. The number of cyclic esters (lactones) is 1. The number of aryl methyl sites for hydroxylation is 1. The van der Waals surface area contributed by atoms with Gasteiger partial charge in [0.25, 0.3) is 0 Å². The number of aliphatic hydroxyl groups is 1. The summed E-state index contributed by atoms with van der Waals surface area (Å²) in [7, 11) is 0. The second-order valence-corrected chi connectivity index (χ2v) is 4.92. The molecule has 0 amide bonds. The van der Waals surface area contributed by atoms with Gasteiger partial charge >= 0.3 is 5.97 Å². The van der Waals surface area contributed by atoms with Crippen LogP contribution in [0.25, 0.3) is 0 Å². The average Bonchev–Trinajstić information content (AvgIpc) is 2.32. The average molecular weight is 266 g/mol. The van der Waals surface area contributed by atoms with Crippen molar-refractivity contribution in [3.8, 4) is 11.5 Å². The molecule has 0 saturated heterocycles. The zero-order chi connectivity index (χ0) is 14.0. The zero-order valence-electron chi connectivity index (χ0n) is 10.8. The van der Waals surface area contributed by atoms with E-state index in [4.69, 9.17) is 4.74 Å². The molecule has 0 spiro atoms. The summed E-state index contributed by atoms with van der Waals surface area (Å²) in [6.07, 6.45) is 1.37. The van der Waals surface area contributed by atoms with Crippen LogP contribution in [0.1, 0.15) is 42.1 Å². The molecular formula is C14H18O5. The SMILES string of the molecule is C[C@H]1OC(=O)c2c(O)cc(O)cc2CCCC[C@@H]1O. The third-order valence-electron chi connectivity index (χ3n) is 3.42. The van der Waals surface area contributed by atoms with Crippen LogP contribution in [0.2, 0.25) is 0 Å². The second-order valence-electron chi connectivity index (χ2n) is 4.92. The first kappa shape index (κ1) is 13.7. The van der Waals surface area contributed by atoms with Gasteiger partial charge in [-0.2, -0.15) is 0 Å². The number of phenols is 2. The van der Waals surface area contributed by atoms with E-state index in [-0.39, 0.29) is 17.1 Å². The standard InChI is InChI=1S/C14H18O5/c1-8-11(16)5-3-2-4-9-6-10(15)7-12(17)13(9)14(18)19-8/h6-8,11,15-17H,2-5H2,1H3/t8-,11+/m1/s1. The summed E-state index contributed by atoms with van der Waals surface area (Å²) in [5.74, 6) is -1.03. The Morgan fingerprint density at radius 2 is 2.00 bits per heavy atom. The fourth-order valence-electron chi connectivity index (χ4n) is 2.31. The fraction of sp³-hybridized carbons (Fsp3) is 0.500. The zero-order valence-corrected chi connectivity index (χ0v) is 10.8. The molecule has 1 aliphatic heterocycles. The van der Waals surface area contributed by atoms with E-state index < -0.39 is 18.2 Å². The Kier molecular flexibility index (Phi) is 3.95. The molecule has 1 aromatic rings. The van der Waals surface area contributed by atoms with Gasteiger partial charge in [0.05, 0.1) is 6.10 Å². The Bertz CT molecular complexity index is 483. The van der Waals surface area contributed by atoms with Gasteiger partial charge in [-0.3, -0.25) is 0 Å². The Labute approximate surface area is 111 Å².